The third-order valence-corrected chi connectivity index (χ3v) is 5.82. The summed E-state index contributed by atoms with van der Waals surface area (Å²) >= 11 is 11.7. The van der Waals surface area contributed by atoms with Crippen LogP contribution in [0.5, 0.6) is 0 Å². The van der Waals surface area contributed by atoms with E-state index in [9.17, 15) is 4.79 Å². The molecule has 7 nitrogen and oxygen atoms in total. The van der Waals surface area contributed by atoms with Gasteiger partial charge in [0.2, 0.25) is 5.91 Å². The summed E-state index contributed by atoms with van der Waals surface area (Å²) in [6, 6.07) is 7.59. The zero-order chi connectivity index (χ0) is 22.2. The van der Waals surface area contributed by atoms with Crippen molar-refractivity contribution in [2.45, 2.75) is 59.2 Å². The van der Waals surface area contributed by atoms with Gasteiger partial charge in [-0.15, -0.1) is 0 Å². The lowest BCUT2D eigenvalue weighted by atomic mass is 10.2. The molecule has 31 heavy (non-hydrogen) atoms. The molecule has 0 unspecified atom stereocenters. The number of nitrogens with one attached hydrogen (secondary N) is 1. The van der Waals surface area contributed by atoms with E-state index in [2.05, 4.69) is 21.8 Å². The molecule has 3 rings (SSSR count). The van der Waals surface area contributed by atoms with E-state index in [-0.39, 0.29) is 5.91 Å². The van der Waals surface area contributed by atoms with E-state index in [1.807, 2.05) is 42.0 Å². The Hall–Kier alpha value is -2.45. The molecule has 0 saturated heterocycles. The zero-order valence-corrected chi connectivity index (χ0v) is 19.6. The number of aromatic nitrogens is 5. The second-order valence-corrected chi connectivity index (χ2v) is 8.26. The third-order valence-electron chi connectivity index (χ3n) is 5.13. The van der Waals surface area contributed by atoms with Crippen molar-refractivity contribution in [2.24, 2.45) is 0 Å². The highest BCUT2D eigenvalue weighted by Gasteiger charge is 2.13. The molecule has 0 aliphatic rings. The van der Waals surface area contributed by atoms with Crippen LogP contribution in [0.3, 0.4) is 0 Å². The Morgan fingerprint density at radius 3 is 2.61 bits per heavy atom. The normalized spacial score (nSPS) is 11.1. The van der Waals surface area contributed by atoms with E-state index >= 15 is 0 Å². The minimum absolute atomic E-state index is 0.000374. The van der Waals surface area contributed by atoms with Crippen LogP contribution in [-0.2, 0) is 24.4 Å². The molecule has 0 aliphatic heterocycles. The number of aryl methyl sites for hydroxylation is 3. The van der Waals surface area contributed by atoms with Crippen molar-refractivity contribution in [2.75, 3.05) is 6.54 Å². The van der Waals surface area contributed by atoms with Crippen molar-refractivity contribution in [1.29, 1.82) is 0 Å². The van der Waals surface area contributed by atoms with Crippen LogP contribution in [-0.4, -0.2) is 36.4 Å². The second kappa shape index (κ2) is 11.2. The fourth-order valence-electron chi connectivity index (χ4n) is 3.33. The highest BCUT2D eigenvalue weighted by Crippen LogP contribution is 2.21. The zero-order valence-electron chi connectivity index (χ0n) is 18.1. The minimum Gasteiger partial charge on any atom is -0.356 e. The summed E-state index contributed by atoms with van der Waals surface area (Å²) in [7, 11) is 0. The minimum atomic E-state index is 0.000374. The van der Waals surface area contributed by atoms with Crippen molar-refractivity contribution in [3.63, 3.8) is 0 Å². The number of amides is 1. The highest BCUT2D eigenvalue weighted by molar-refractivity contribution is 7.71. The van der Waals surface area contributed by atoms with E-state index in [1.54, 1.807) is 10.9 Å². The lowest BCUT2D eigenvalue weighted by molar-refractivity contribution is -0.121. The lowest BCUT2D eigenvalue weighted by Crippen LogP contribution is -2.26. The molecule has 0 fully saturated rings. The van der Waals surface area contributed by atoms with E-state index in [0.717, 1.165) is 49.6 Å². The number of hydrogen-bond donors (Lipinski definition) is 1. The molecule has 0 saturated carbocycles. The summed E-state index contributed by atoms with van der Waals surface area (Å²) in [5.74, 6) is 1.79. The summed E-state index contributed by atoms with van der Waals surface area (Å²) in [5, 5.41) is 8.38. The Morgan fingerprint density at radius 1 is 1.16 bits per heavy atom. The van der Waals surface area contributed by atoms with Gasteiger partial charge in [-0.05, 0) is 56.2 Å². The summed E-state index contributed by atoms with van der Waals surface area (Å²) in [6.07, 6.45) is 7.00. The lowest BCUT2D eigenvalue weighted by Gasteiger charge is -2.07. The first-order chi connectivity index (χ1) is 15.0. The predicted octanol–water partition coefficient (Wildman–Crippen LogP) is 4.64. The van der Waals surface area contributed by atoms with Gasteiger partial charge in [-0.2, -0.15) is 5.10 Å². The van der Waals surface area contributed by atoms with Gasteiger partial charge in [0.25, 0.3) is 0 Å². The Balaban J connectivity index is 1.58. The predicted molar refractivity (Wildman–Crippen MR) is 126 cm³/mol. The second-order valence-electron chi connectivity index (χ2n) is 7.46. The molecule has 1 amide bonds. The molecular formula is C22H29ClN6OS. The number of carbonyl (C=O) groups is 1. The van der Waals surface area contributed by atoms with Crippen LogP contribution in [0.25, 0.3) is 11.4 Å². The number of halogens is 1. The fourth-order valence-corrected chi connectivity index (χ4v) is 3.77. The number of imidazole rings is 1. The molecule has 0 atom stereocenters. The molecule has 0 bridgehead atoms. The van der Waals surface area contributed by atoms with Gasteiger partial charge in [-0.25, -0.2) is 9.67 Å². The largest absolute Gasteiger partial charge is 0.356 e. The SMILES string of the molecule is CCCCn1c(-c2ccc(Cl)cc2)nn(CCC(=O)NCCCn2ccnc2C)c1=S. The van der Waals surface area contributed by atoms with Crippen molar-refractivity contribution in [3.05, 3.63) is 52.3 Å². The molecule has 1 aromatic carbocycles. The van der Waals surface area contributed by atoms with E-state index in [1.165, 1.54) is 0 Å². The molecule has 2 aromatic heterocycles. The first kappa shape index (κ1) is 23.2. The standard InChI is InChI=1S/C22H29ClN6OS/c1-3-4-14-28-21(18-6-8-19(23)9-7-18)26-29(22(28)31)15-10-20(30)25-11-5-13-27-16-12-24-17(27)2/h6-9,12,16H,3-5,10-11,13-15H2,1-2H3,(H,25,30). The monoisotopic (exact) mass is 460 g/mol. The smallest absolute Gasteiger partial charge is 0.221 e. The van der Waals surface area contributed by atoms with Gasteiger partial charge in [0.05, 0.1) is 6.54 Å². The molecule has 166 valence electrons. The van der Waals surface area contributed by atoms with Crippen LogP contribution < -0.4 is 5.32 Å². The maximum Gasteiger partial charge on any atom is 0.221 e. The average Bonchev–Trinajstić information content (AvgIpc) is 3.31. The molecule has 0 spiro atoms. The van der Waals surface area contributed by atoms with Crippen molar-refractivity contribution < 1.29 is 4.79 Å². The number of nitrogens with zero attached hydrogens (tertiary/aromatic N) is 5. The average molecular weight is 461 g/mol. The Bertz CT molecular complexity index is 1050. The molecule has 9 heteroatoms. The van der Waals surface area contributed by atoms with Crippen LogP contribution in [0.4, 0.5) is 0 Å². The summed E-state index contributed by atoms with van der Waals surface area (Å²) < 4.78 is 6.52. The molecule has 0 aliphatic carbocycles. The topological polar surface area (TPSA) is 69.7 Å². The number of carbonyl (C=O) groups excluding carboxylic acids is 1. The highest BCUT2D eigenvalue weighted by atomic mass is 35.5. The van der Waals surface area contributed by atoms with Crippen LogP contribution in [0, 0.1) is 11.7 Å². The first-order valence-corrected chi connectivity index (χ1v) is 11.5. The van der Waals surface area contributed by atoms with E-state index in [0.29, 0.717) is 29.3 Å². The van der Waals surface area contributed by atoms with E-state index in [4.69, 9.17) is 28.9 Å². The first-order valence-electron chi connectivity index (χ1n) is 10.7. The maximum absolute atomic E-state index is 12.3. The Labute approximate surface area is 193 Å². The molecule has 2 heterocycles. The number of unbranched alkanes of at least 4 members (excludes halogenated alkanes) is 1. The number of hydrogen-bond acceptors (Lipinski definition) is 4. The van der Waals surface area contributed by atoms with Gasteiger partial charge in [-0.1, -0.05) is 24.9 Å². The van der Waals surface area contributed by atoms with Crippen LogP contribution in [0.15, 0.2) is 36.7 Å². The summed E-state index contributed by atoms with van der Waals surface area (Å²) in [6.45, 7) is 6.83. The van der Waals surface area contributed by atoms with Crippen LogP contribution in [0.1, 0.15) is 38.4 Å². The quantitative estimate of drug-likeness (QED) is 0.334. The summed E-state index contributed by atoms with van der Waals surface area (Å²) in [4.78, 5) is 16.5. The van der Waals surface area contributed by atoms with Gasteiger partial charge in [0, 0.05) is 49.0 Å². The van der Waals surface area contributed by atoms with E-state index < -0.39 is 0 Å². The van der Waals surface area contributed by atoms with Gasteiger partial charge >= 0.3 is 0 Å². The maximum atomic E-state index is 12.3. The summed E-state index contributed by atoms with van der Waals surface area (Å²) in [5.41, 5.74) is 0.963. The Morgan fingerprint density at radius 2 is 1.94 bits per heavy atom. The van der Waals surface area contributed by atoms with Crippen molar-refractivity contribution in [1.82, 2.24) is 29.2 Å². The van der Waals surface area contributed by atoms with Crippen molar-refractivity contribution >= 4 is 29.7 Å². The van der Waals surface area contributed by atoms with Gasteiger partial charge < -0.3 is 9.88 Å². The Kier molecular flexibility index (Phi) is 8.43. The van der Waals surface area contributed by atoms with Gasteiger partial charge in [0.1, 0.15) is 5.82 Å². The van der Waals surface area contributed by atoms with Gasteiger partial charge in [0.15, 0.2) is 10.6 Å². The molecule has 3 aromatic rings. The van der Waals surface area contributed by atoms with Crippen molar-refractivity contribution in [3.8, 4) is 11.4 Å². The third kappa shape index (κ3) is 6.27. The molecule has 1 N–H and O–H groups in total. The molecular weight excluding hydrogens is 432 g/mol. The van der Waals surface area contributed by atoms with Gasteiger partial charge in [-0.3, -0.25) is 9.36 Å². The number of rotatable bonds is 11. The van der Waals surface area contributed by atoms with Crippen LogP contribution in [0.2, 0.25) is 5.02 Å². The fraction of sp³-hybridized carbons (Fsp3) is 0.455. The number of benzene rings is 1. The molecule has 0 radical (unpaired) electrons. The van der Waals surface area contributed by atoms with Crippen LogP contribution >= 0.6 is 23.8 Å².